The summed E-state index contributed by atoms with van der Waals surface area (Å²) in [5.74, 6) is 1.25. The number of imidazole rings is 1. The van der Waals surface area contributed by atoms with Crippen LogP contribution in [0, 0.1) is 5.82 Å². The van der Waals surface area contributed by atoms with Crippen LogP contribution in [0.2, 0.25) is 0 Å². The number of aromatic amines is 1. The first-order chi connectivity index (χ1) is 12.3. The second kappa shape index (κ2) is 5.48. The van der Waals surface area contributed by atoms with Gasteiger partial charge < -0.3 is 4.98 Å². The molecule has 1 fully saturated rings. The van der Waals surface area contributed by atoms with Crippen molar-refractivity contribution in [1.29, 1.82) is 0 Å². The highest BCUT2D eigenvalue weighted by Gasteiger charge is 2.27. The summed E-state index contributed by atoms with van der Waals surface area (Å²) in [6.07, 6.45) is 5.84. The van der Waals surface area contributed by atoms with Crippen LogP contribution in [0.25, 0.3) is 33.5 Å². The third-order valence-electron chi connectivity index (χ3n) is 4.54. The lowest BCUT2D eigenvalue weighted by Gasteiger charge is -2.09. The molecule has 122 valence electrons. The molecule has 5 rings (SSSR count). The molecule has 5 heteroatoms. The van der Waals surface area contributed by atoms with Crippen molar-refractivity contribution in [2.24, 2.45) is 0 Å². The van der Waals surface area contributed by atoms with Crippen molar-refractivity contribution in [2.45, 2.75) is 18.8 Å². The molecule has 3 heterocycles. The van der Waals surface area contributed by atoms with Crippen LogP contribution in [0.4, 0.5) is 4.39 Å². The van der Waals surface area contributed by atoms with E-state index in [2.05, 4.69) is 9.97 Å². The molecule has 1 saturated carbocycles. The molecule has 0 aliphatic heterocycles. The maximum atomic E-state index is 13.8. The highest BCUT2D eigenvalue weighted by atomic mass is 19.1. The maximum absolute atomic E-state index is 13.8. The smallest absolute Gasteiger partial charge is 0.158 e. The molecule has 1 aliphatic rings. The Morgan fingerprint density at radius 1 is 0.960 bits per heavy atom. The molecular formula is C20H15FN4. The summed E-state index contributed by atoms with van der Waals surface area (Å²) in [6, 6.07) is 12.4. The summed E-state index contributed by atoms with van der Waals surface area (Å²) in [5, 5.41) is 0. The molecule has 4 nitrogen and oxygen atoms in total. The molecule has 0 bridgehead atoms. The van der Waals surface area contributed by atoms with Crippen molar-refractivity contribution in [3.63, 3.8) is 0 Å². The zero-order valence-electron chi connectivity index (χ0n) is 13.4. The third kappa shape index (κ3) is 2.58. The number of aromatic nitrogens is 4. The first kappa shape index (κ1) is 14.3. The summed E-state index contributed by atoms with van der Waals surface area (Å²) in [6.45, 7) is 0. The van der Waals surface area contributed by atoms with Gasteiger partial charge in [0.05, 0.1) is 5.69 Å². The topological polar surface area (TPSA) is 54.5 Å². The van der Waals surface area contributed by atoms with Crippen molar-refractivity contribution < 1.29 is 4.39 Å². The van der Waals surface area contributed by atoms with Crippen LogP contribution in [-0.2, 0) is 0 Å². The van der Waals surface area contributed by atoms with E-state index in [1.165, 1.54) is 25.0 Å². The molecule has 0 amide bonds. The van der Waals surface area contributed by atoms with Gasteiger partial charge in [0.15, 0.2) is 5.65 Å². The fourth-order valence-corrected chi connectivity index (χ4v) is 3.12. The molecule has 1 N–H and O–H groups in total. The monoisotopic (exact) mass is 330 g/mol. The number of rotatable bonds is 3. The quantitative estimate of drug-likeness (QED) is 0.592. The van der Waals surface area contributed by atoms with Gasteiger partial charge in [0, 0.05) is 29.4 Å². The molecule has 0 atom stereocenters. The van der Waals surface area contributed by atoms with E-state index in [-0.39, 0.29) is 5.82 Å². The summed E-state index contributed by atoms with van der Waals surface area (Å²) >= 11 is 0. The van der Waals surface area contributed by atoms with Gasteiger partial charge in [-0.15, -0.1) is 0 Å². The van der Waals surface area contributed by atoms with E-state index in [1.807, 2.05) is 24.3 Å². The van der Waals surface area contributed by atoms with Gasteiger partial charge in [0.25, 0.3) is 0 Å². The molecule has 0 unspecified atom stereocenters. The number of pyridine rings is 2. The number of fused-ring (bicyclic) bond motifs is 1. The van der Waals surface area contributed by atoms with Crippen molar-refractivity contribution in [3.8, 4) is 22.4 Å². The van der Waals surface area contributed by atoms with Crippen molar-refractivity contribution in [3.05, 3.63) is 66.5 Å². The minimum absolute atomic E-state index is 0.275. The second-order valence-corrected chi connectivity index (χ2v) is 6.39. The zero-order valence-corrected chi connectivity index (χ0v) is 13.4. The van der Waals surface area contributed by atoms with Gasteiger partial charge in [-0.2, -0.15) is 0 Å². The Hall–Kier alpha value is -3.08. The van der Waals surface area contributed by atoms with Gasteiger partial charge in [-0.05, 0) is 48.7 Å². The molecule has 3 aromatic heterocycles. The predicted octanol–water partition coefficient (Wildman–Crippen LogP) is 4.70. The SMILES string of the molecule is Fc1cccc(-c2nc3[nH]c(C4CC4)nc3cc2-c2ccncc2)c1. The van der Waals surface area contributed by atoms with E-state index >= 15 is 0 Å². The Balaban J connectivity index is 1.77. The maximum Gasteiger partial charge on any atom is 0.158 e. The Kier molecular flexibility index (Phi) is 3.13. The van der Waals surface area contributed by atoms with Gasteiger partial charge in [0.1, 0.15) is 17.2 Å². The van der Waals surface area contributed by atoms with E-state index < -0.39 is 0 Å². The van der Waals surface area contributed by atoms with Crippen LogP contribution in [0.1, 0.15) is 24.6 Å². The van der Waals surface area contributed by atoms with Crippen LogP contribution in [0.5, 0.6) is 0 Å². The summed E-state index contributed by atoms with van der Waals surface area (Å²) < 4.78 is 13.8. The van der Waals surface area contributed by atoms with Crippen LogP contribution in [-0.4, -0.2) is 19.9 Å². The van der Waals surface area contributed by atoms with Crippen molar-refractivity contribution in [2.75, 3.05) is 0 Å². The van der Waals surface area contributed by atoms with E-state index in [4.69, 9.17) is 9.97 Å². The lowest BCUT2D eigenvalue weighted by Crippen LogP contribution is -1.92. The first-order valence-corrected chi connectivity index (χ1v) is 8.35. The fourth-order valence-electron chi connectivity index (χ4n) is 3.12. The minimum atomic E-state index is -0.275. The highest BCUT2D eigenvalue weighted by molar-refractivity contribution is 5.88. The van der Waals surface area contributed by atoms with Crippen LogP contribution in [0.15, 0.2) is 54.9 Å². The summed E-state index contributed by atoms with van der Waals surface area (Å²) in [7, 11) is 0. The average Bonchev–Trinajstić information content (AvgIpc) is 3.41. The van der Waals surface area contributed by atoms with Crippen LogP contribution < -0.4 is 0 Å². The Morgan fingerprint density at radius 3 is 2.56 bits per heavy atom. The highest BCUT2D eigenvalue weighted by Crippen LogP contribution is 2.40. The van der Waals surface area contributed by atoms with Gasteiger partial charge in [0.2, 0.25) is 0 Å². The number of benzene rings is 1. The molecule has 0 radical (unpaired) electrons. The van der Waals surface area contributed by atoms with E-state index in [0.29, 0.717) is 5.92 Å². The second-order valence-electron chi connectivity index (χ2n) is 6.39. The summed E-state index contributed by atoms with van der Waals surface area (Å²) in [4.78, 5) is 16.9. The molecule has 25 heavy (non-hydrogen) atoms. The lowest BCUT2D eigenvalue weighted by molar-refractivity contribution is 0.628. The molecule has 4 aromatic rings. The lowest BCUT2D eigenvalue weighted by atomic mass is 10.00. The molecular weight excluding hydrogens is 315 g/mol. The number of nitrogens with one attached hydrogen (secondary N) is 1. The van der Waals surface area contributed by atoms with Crippen LogP contribution in [0.3, 0.4) is 0 Å². The third-order valence-corrected chi connectivity index (χ3v) is 4.54. The van der Waals surface area contributed by atoms with E-state index in [9.17, 15) is 4.39 Å². The molecule has 1 aliphatic carbocycles. The number of nitrogens with zero attached hydrogens (tertiary/aromatic N) is 3. The Bertz CT molecular complexity index is 1070. The van der Waals surface area contributed by atoms with Gasteiger partial charge in [-0.3, -0.25) is 4.98 Å². The Labute approximate surface area is 143 Å². The van der Waals surface area contributed by atoms with E-state index in [0.717, 1.165) is 39.4 Å². The Morgan fingerprint density at radius 2 is 1.80 bits per heavy atom. The minimum Gasteiger partial charge on any atom is -0.326 e. The van der Waals surface area contributed by atoms with Gasteiger partial charge in [-0.1, -0.05) is 12.1 Å². The summed E-state index contributed by atoms with van der Waals surface area (Å²) in [5.41, 5.74) is 4.99. The predicted molar refractivity (Wildman–Crippen MR) is 94.5 cm³/mol. The number of hydrogen-bond acceptors (Lipinski definition) is 3. The normalized spacial score (nSPS) is 14.1. The standard InChI is InChI=1S/C20H15FN4/c21-15-3-1-2-14(10-15)18-16(12-6-8-22-9-7-12)11-17-20(24-18)25-19(23-17)13-4-5-13/h1-3,6-11,13H,4-5H2,(H,23,24,25). The van der Waals surface area contributed by atoms with Gasteiger partial charge >= 0.3 is 0 Å². The number of hydrogen-bond donors (Lipinski definition) is 1. The number of H-pyrrole nitrogens is 1. The van der Waals surface area contributed by atoms with Crippen molar-refractivity contribution >= 4 is 11.2 Å². The van der Waals surface area contributed by atoms with Crippen LogP contribution >= 0.6 is 0 Å². The molecule has 0 spiro atoms. The zero-order chi connectivity index (χ0) is 16.8. The molecule has 1 aromatic carbocycles. The molecule has 0 saturated heterocycles. The van der Waals surface area contributed by atoms with Gasteiger partial charge in [-0.25, -0.2) is 14.4 Å². The fraction of sp³-hybridized carbons (Fsp3) is 0.150. The largest absolute Gasteiger partial charge is 0.326 e. The number of halogens is 1. The first-order valence-electron chi connectivity index (χ1n) is 8.35. The van der Waals surface area contributed by atoms with Crippen molar-refractivity contribution in [1.82, 2.24) is 19.9 Å². The average molecular weight is 330 g/mol. The van der Waals surface area contributed by atoms with E-state index in [1.54, 1.807) is 18.5 Å².